The van der Waals surface area contributed by atoms with E-state index in [9.17, 15) is 4.79 Å². The van der Waals surface area contributed by atoms with E-state index in [2.05, 4.69) is 5.10 Å². The molecule has 0 unspecified atom stereocenters. The Bertz CT molecular complexity index is 423. The second-order valence-corrected chi connectivity index (χ2v) is 2.83. The van der Waals surface area contributed by atoms with Crippen molar-refractivity contribution in [3.8, 4) is 0 Å². The molecular weight excluding hydrogens is 178 g/mol. The Hall–Kier alpha value is -2.10. The average molecular weight is 187 g/mol. The van der Waals surface area contributed by atoms with E-state index in [1.165, 1.54) is 11.2 Å². The highest BCUT2D eigenvalue weighted by atomic mass is 16.2. The Kier molecular flexibility index (Phi) is 2.02. The van der Waals surface area contributed by atoms with Crippen molar-refractivity contribution in [3.05, 3.63) is 35.9 Å². The third-order valence-electron chi connectivity index (χ3n) is 1.92. The Labute approximate surface area is 81.3 Å². The molecule has 0 spiro atoms. The molecule has 0 aliphatic carbocycles. The summed E-state index contributed by atoms with van der Waals surface area (Å²) < 4.78 is 0. The number of nitrogens with zero attached hydrogens (tertiary/aromatic N) is 2. The molecule has 14 heavy (non-hydrogen) atoms. The molecule has 0 aromatic heterocycles. The van der Waals surface area contributed by atoms with Crippen molar-refractivity contribution in [2.45, 2.75) is 0 Å². The van der Waals surface area contributed by atoms with E-state index in [-0.39, 0.29) is 0 Å². The standard InChI is InChI=1S/C10H9N3O/c11-10(14)13-9-6-2-1-4-8(9)5-3-7-12-13/h1-7H,(H2,11,14). The molecule has 2 N–H and O–H groups in total. The summed E-state index contributed by atoms with van der Waals surface area (Å²) in [7, 11) is 0. The number of para-hydroxylation sites is 1. The van der Waals surface area contributed by atoms with E-state index >= 15 is 0 Å². The third-order valence-corrected chi connectivity index (χ3v) is 1.92. The van der Waals surface area contributed by atoms with Crippen LogP contribution in [0.3, 0.4) is 0 Å². The summed E-state index contributed by atoms with van der Waals surface area (Å²) in [6, 6.07) is 6.85. The highest BCUT2D eigenvalue weighted by molar-refractivity contribution is 5.97. The first-order valence-electron chi connectivity index (χ1n) is 4.18. The number of anilines is 1. The van der Waals surface area contributed by atoms with Crippen LogP contribution in [-0.4, -0.2) is 12.2 Å². The lowest BCUT2D eigenvalue weighted by Crippen LogP contribution is -2.31. The lowest BCUT2D eigenvalue weighted by molar-refractivity contribution is 0.254. The van der Waals surface area contributed by atoms with Crippen LogP contribution in [0.15, 0.2) is 35.4 Å². The number of urea groups is 1. The second kappa shape index (κ2) is 3.33. The predicted molar refractivity (Wildman–Crippen MR) is 56.0 cm³/mol. The zero-order valence-corrected chi connectivity index (χ0v) is 7.42. The van der Waals surface area contributed by atoms with Gasteiger partial charge in [0.1, 0.15) is 0 Å². The summed E-state index contributed by atoms with van der Waals surface area (Å²) in [6.07, 6.45) is 5.17. The molecule has 70 valence electrons. The maximum absolute atomic E-state index is 11.1. The van der Waals surface area contributed by atoms with Crippen molar-refractivity contribution in [3.63, 3.8) is 0 Å². The van der Waals surface area contributed by atoms with Gasteiger partial charge in [-0.1, -0.05) is 24.3 Å². The molecule has 1 aromatic rings. The van der Waals surface area contributed by atoms with Gasteiger partial charge in [0.2, 0.25) is 0 Å². The van der Waals surface area contributed by atoms with E-state index in [1.54, 1.807) is 12.1 Å². The number of primary amides is 1. The van der Waals surface area contributed by atoms with Crippen LogP contribution in [0, 0.1) is 0 Å². The topological polar surface area (TPSA) is 58.7 Å². The first kappa shape index (κ1) is 8.50. The zero-order chi connectivity index (χ0) is 9.97. The van der Waals surface area contributed by atoms with Crippen molar-refractivity contribution in [2.75, 3.05) is 5.01 Å². The molecule has 1 heterocycles. The van der Waals surface area contributed by atoms with Gasteiger partial charge in [0.25, 0.3) is 0 Å². The van der Waals surface area contributed by atoms with E-state index in [4.69, 9.17) is 5.73 Å². The number of carbonyl (C=O) groups is 1. The molecule has 1 aromatic carbocycles. The number of amides is 2. The summed E-state index contributed by atoms with van der Waals surface area (Å²) in [5.41, 5.74) is 6.82. The van der Waals surface area contributed by atoms with Gasteiger partial charge in [-0.25, -0.2) is 4.79 Å². The van der Waals surface area contributed by atoms with Crippen molar-refractivity contribution in [2.24, 2.45) is 10.8 Å². The molecule has 1 aliphatic rings. The van der Waals surface area contributed by atoms with Crippen LogP contribution in [0.25, 0.3) is 6.08 Å². The van der Waals surface area contributed by atoms with Crippen LogP contribution in [0.5, 0.6) is 0 Å². The van der Waals surface area contributed by atoms with Crippen LogP contribution in [0.2, 0.25) is 0 Å². The summed E-state index contributed by atoms with van der Waals surface area (Å²) >= 11 is 0. The fraction of sp³-hybridized carbons (Fsp3) is 0. The first-order chi connectivity index (χ1) is 6.79. The minimum atomic E-state index is -0.586. The molecule has 0 saturated heterocycles. The lowest BCUT2D eigenvalue weighted by atomic mass is 10.1. The van der Waals surface area contributed by atoms with Crippen LogP contribution in [-0.2, 0) is 0 Å². The number of hydrogen-bond donors (Lipinski definition) is 1. The van der Waals surface area contributed by atoms with Crippen molar-refractivity contribution in [1.82, 2.24) is 0 Å². The normalized spacial score (nSPS) is 13.6. The SMILES string of the molecule is NC(=O)N1N=CC=Cc2ccccc21. The maximum atomic E-state index is 11.1. The number of carbonyl (C=O) groups excluding carboxylic acids is 1. The number of nitrogens with two attached hydrogens (primary N) is 1. The molecule has 4 nitrogen and oxygen atoms in total. The van der Waals surface area contributed by atoms with Crippen molar-refractivity contribution < 1.29 is 4.79 Å². The van der Waals surface area contributed by atoms with Gasteiger partial charge < -0.3 is 5.73 Å². The largest absolute Gasteiger partial charge is 0.350 e. The summed E-state index contributed by atoms with van der Waals surface area (Å²) in [5, 5.41) is 5.09. The molecule has 0 bridgehead atoms. The molecule has 2 amide bonds. The minimum absolute atomic E-state index is 0.586. The summed E-state index contributed by atoms with van der Waals surface area (Å²) in [6.45, 7) is 0. The highest BCUT2D eigenvalue weighted by Crippen LogP contribution is 2.23. The Morgan fingerprint density at radius 3 is 2.93 bits per heavy atom. The number of hydrogen-bond acceptors (Lipinski definition) is 2. The third kappa shape index (κ3) is 1.37. The molecule has 0 fully saturated rings. The van der Waals surface area contributed by atoms with Gasteiger partial charge in [-0.15, -0.1) is 0 Å². The van der Waals surface area contributed by atoms with Crippen molar-refractivity contribution >= 4 is 24.0 Å². The van der Waals surface area contributed by atoms with Gasteiger partial charge in [0.05, 0.1) is 5.69 Å². The fourth-order valence-corrected chi connectivity index (χ4v) is 1.31. The van der Waals surface area contributed by atoms with E-state index in [1.807, 2.05) is 24.3 Å². The second-order valence-electron chi connectivity index (χ2n) is 2.83. The van der Waals surface area contributed by atoms with Crippen LogP contribution >= 0.6 is 0 Å². The first-order valence-corrected chi connectivity index (χ1v) is 4.18. The van der Waals surface area contributed by atoms with Crippen LogP contribution in [0.4, 0.5) is 10.5 Å². The Morgan fingerprint density at radius 1 is 1.36 bits per heavy atom. The molecule has 0 saturated carbocycles. The quantitative estimate of drug-likeness (QED) is 0.658. The predicted octanol–water partition coefficient (Wildman–Crippen LogP) is 1.58. The minimum Gasteiger partial charge on any atom is -0.350 e. The molecule has 4 heteroatoms. The number of allylic oxidation sites excluding steroid dienone is 1. The van der Waals surface area contributed by atoms with Gasteiger partial charge in [-0.2, -0.15) is 10.1 Å². The van der Waals surface area contributed by atoms with Gasteiger partial charge >= 0.3 is 6.03 Å². The number of rotatable bonds is 0. The van der Waals surface area contributed by atoms with Crippen LogP contribution < -0.4 is 10.7 Å². The number of hydrazone groups is 1. The van der Waals surface area contributed by atoms with E-state index in [0.29, 0.717) is 5.69 Å². The van der Waals surface area contributed by atoms with Gasteiger partial charge in [0, 0.05) is 11.8 Å². The maximum Gasteiger partial charge on any atom is 0.340 e. The lowest BCUT2D eigenvalue weighted by Gasteiger charge is -2.14. The molecular formula is C10H9N3O. The smallest absolute Gasteiger partial charge is 0.340 e. The molecule has 0 radical (unpaired) electrons. The number of fused-ring (bicyclic) bond motifs is 1. The molecule has 2 rings (SSSR count). The van der Waals surface area contributed by atoms with Crippen molar-refractivity contribution in [1.29, 1.82) is 0 Å². The highest BCUT2D eigenvalue weighted by Gasteiger charge is 2.14. The monoisotopic (exact) mass is 187 g/mol. The molecule has 1 aliphatic heterocycles. The number of benzene rings is 1. The van der Waals surface area contributed by atoms with Gasteiger partial charge in [-0.05, 0) is 12.1 Å². The summed E-state index contributed by atoms with van der Waals surface area (Å²) in [5.74, 6) is 0. The fourth-order valence-electron chi connectivity index (χ4n) is 1.31. The Morgan fingerprint density at radius 2 is 2.14 bits per heavy atom. The van der Waals surface area contributed by atoms with Gasteiger partial charge in [0.15, 0.2) is 0 Å². The summed E-state index contributed by atoms with van der Waals surface area (Å²) in [4.78, 5) is 11.1. The Balaban J connectivity index is 2.55. The van der Waals surface area contributed by atoms with Gasteiger partial charge in [-0.3, -0.25) is 0 Å². The van der Waals surface area contributed by atoms with E-state index < -0.39 is 6.03 Å². The average Bonchev–Trinajstić information content (AvgIpc) is 2.39. The van der Waals surface area contributed by atoms with Crippen LogP contribution in [0.1, 0.15) is 5.56 Å². The van der Waals surface area contributed by atoms with E-state index in [0.717, 1.165) is 5.56 Å². The molecule has 0 atom stereocenters. The zero-order valence-electron chi connectivity index (χ0n) is 7.42.